The van der Waals surface area contributed by atoms with E-state index in [0.29, 0.717) is 4.66 Å². The minimum Gasteiger partial charge on any atom is -0.325 e. The lowest BCUT2D eigenvalue weighted by Crippen LogP contribution is -2.45. The molecule has 1 nitrogen and oxygen atoms in total. The maximum Gasteiger partial charge on any atom is 0.135 e. The molecule has 0 N–H and O–H groups in total. The molecule has 0 amide bonds. The largest absolute Gasteiger partial charge is 0.325 e. The number of nitrogens with zero attached hydrogens (tertiary/aromatic N) is 1. The van der Waals surface area contributed by atoms with E-state index >= 15 is 0 Å². The van der Waals surface area contributed by atoms with E-state index in [1.807, 2.05) is 0 Å². The summed E-state index contributed by atoms with van der Waals surface area (Å²) in [4.78, 5) is 0. The summed E-state index contributed by atoms with van der Waals surface area (Å²) in [6, 6.07) is 0. The lowest BCUT2D eigenvalue weighted by atomic mass is 10.5. The van der Waals surface area contributed by atoms with Gasteiger partial charge in [-0.05, 0) is 17.8 Å². The fraction of sp³-hybridized carbons (Fsp3) is 1.00. The minimum absolute atomic E-state index is 0.311. The van der Waals surface area contributed by atoms with Gasteiger partial charge in [-0.25, -0.2) is 0 Å². The van der Waals surface area contributed by atoms with Crippen molar-refractivity contribution in [2.75, 3.05) is 13.1 Å². The van der Waals surface area contributed by atoms with Crippen molar-refractivity contribution in [3.63, 3.8) is 0 Å². The highest BCUT2D eigenvalue weighted by Gasteiger charge is 2.29. The first-order chi connectivity index (χ1) is 5.49. The zero-order valence-electron chi connectivity index (χ0n) is 9.36. The molecular weight excluding hydrogens is 178 g/mol. The van der Waals surface area contributed by atoms with Gasteiger partial charge in [0.15, 0.2) is 0 Å². The van der Waals surface area contributed by atoms with Crippen molar-refractivity contribution in [3.05, 3.63) is 0 Å². The first kappa shape index (κ1) is 12.4. The molecule has 0 aliphatic heterocycles. The van der Waals surface area contributed by atoms with Gasteiger partial charge in [0.25, 0.3) is 0 Å². The van der Waals surface area contributed by atoms with Gasteiger partial charge >= 0.3 is 0 Å². The molecule has 0 aliphatic carbocycles. The molecule has 0 spiro atoms. The van der Waals surface area contributed by atoms with Gasteiger partial charge in [-0.2, -0.15) is 0 Å². The first-order valence-electron chi connectivity index (χ1n) is 4.77. The van der Waals surface area contributed by atoms with E-state index in [4.69, 9.17) is 0 Å². The van der Waals surface area contributed by atoms with Crippen LogP contribution in [-0.4, -0.2) is 36.1 Å². The van der Waals surface area contributed by atoms with Gasteiger partial charge in [-0.3, -0.25) is 0 Å². The average molecular weight is 200 g/mol. The Kier molecular flexibility index (Phi) is 5.36. The van der Waals surface area contributed by atoms with Crippen LogP contribution < -0.4 is 0 Å². The molecule has 0 aromatic heterocycles. The van der Waals surface area contributed by atoms with E-state index in [9.17, 15) is 0 Å². The summed E-state index contributed by atoms with van der Waals surface area (Å²) in [7, 11) is 0.756. The summed E-state index contributed by atoms with van der Waals surface area (Å²) in [5.74, 6) is 0. The molecule has 0 aromatic carbocycles. The number of hydrogen-bond acceptors (Lipinski definition) is 1. The first-order valence-corrected chi connectivity index (χ1v) is 8.22. The molecule has 0 atom stereocenters. The molecule has 71 valence electrons. The van der Waals surface area contributed by atoms with E-state index in [0.717, 1.165) is 9.52 Å². The Balaban J connectivity index is 4.23. The molecular formula is C9H22NSi2. The van der Waals surface area contributed by atoms with Gasteiger partial charge in [0, 0.05) is 9.52 Å². The standard InChI is InChI=1S/C9H22NSi2/c1-7-10(8-2)12(6)9(3,4)11-5/h7-8H2,1-6H3. The third-order valence-electron chi connectivity index (χ3n) is 2.77. The quantitative estimate of drug-likeness (QED) is 0.616. The summed E-state index contributed by atoms with van der Waals surface area (Å²) in [6.07, 6.45) is 0. The summed E-state index contributed by atoms with van der Waals surface area (Å²) in [6.45, 7) is 16.6. The van der Waals surface area contributed by atoms with Crippen molar-refractivity contribution in [3.8, 4) is 0 Å². The van der Waals surface area contributed by atoms with E-state index in [-0.39, 0.29) is 8.96 Å². The van der Waals surface area contributed by atoms with E-state index in [1.165, 1.54) is 13.1 Å². The van der Waals surface area contributed by atoms with Crippen molar-refractivity contribution in [1.82, 2.24) is 4.57 Å². The maximum absolute atomic E-state index is 2.64. The van der Waals surface area contributed by atoms with E-state index in [2.05, 4.69) is 45.4 Å². The molecule has 0 saturated carbocycles. The lowest BCUT2D eigenvalue weighted by molar-refractivity contribution is 0.468. The van der Waals surface area contributed by atoms with Crippen molar-refractivity contribution in [2.45, 2.75) is 45.5 Å². The van der Waals surface area contributed by atoms with Gasteiger partial charge in [-0.1, -0.05) is 40.8 Å². The van der Waals surface area contributed by atoms with Gasteiger partial charge < -0.3 is 4.57 Å². The Bertz CT molecular complexity index is 122. The summed E-state index contributed by atoms with van der Waals surface area (Å²) >= 11 is 0. The zero-order chi connectivity index (χ0) is 9.78. The molecule has 0 aromatic rings. The number of rotatable bonds is 5. The Hall–Kier alpha value is 0.394. The summed E-state index contributed by atoms with van der Waals surface area (Å²) in [5, 5.41) is 0. The average Bonchev–Trinajstić information content (AvgIpc) is 2.06. The van der Waals surface area contributed by atoms with Crippen molar-refractivity contribution >= 4 is 18.5 Å². The van der Waals surface area contributed by atoms with Gasteiger partial charge in [-0.15, -0.1) is 0 Å². The molecule has 3 radical (unpaired) electrons. The van der Waals surface area contributed by atoms with Crippen LogP contribution in [0.15, 0.2) is 0 Å². The highest BCUT2D eigenvalue weighted by atomic mass is 28.3. The predicted molar refractivity (Wildman–Crippen MR) is 60.2 cm³/mol. The second-order valence-electron chi connectivity index (χ2n) is 3.63. The van der Waals surface area contributed by atoms with E-state index < -0.39 is 0 Å². The van der Waals surface area contributed by atoms with E-state index in [1.54, 1.807) is 0 Å². The Morgan fingerprint density at radius 3 is 1.92 bits per heavy atom. The van der Waals surface area contributed by atoms with Gasteiger partial charge in [0.1, 0.15) is 8.96 Å². The minimum atomic E-state index is -0.311. The second-order valence-corrected chi connectivity index (χ2v) is 8.94. The zero-order valence-corrected chi connectivity index (χ0v) is 11.4. The van der Waals surface area contributed by atoms with Crippen molar-refractivity contribution < 1.29 is 0 Å². The van der Waals surface area contributed by atoms with Gasteiger partial charge in [0.05, 0.1) is 0 Å². The smallest absolute Gasteiger partial charge is 0.135 e. The SMILES string of the molecule is CCN(CC)[Si](C)C(C)(C)[Si]C. The predicted octanol–water partition coefficient (Wildman–Crippen LogP) is 2.44. The van der Waals surface area contributed by atoms with Crippen LogP contribution in [0.25, 0.3) is 0 Å². The van der Waals surface area contributed by atoms with Crippen LogP contribution in [0.3, 0.4) is 0 Å². The fourth-order valence-electron chi connectivity index (χ4n) is 1.27. The van der Waals surface area contributed by atoms with Crippen LogP contribution >= 0.6 is 0 Å². The Labute approximate surface area is 82.1 Å². The summed E-state index contributed by atoms with van der Waals surface area (Å²) < 4.78 is 3.22. The second kappa shape index (κ2) is 5.19. The van der Waals surface area contributed by atoms with Crippen LogP contribution in [0.5, 0.6) is 0 Å². The molecule has 0 heterocycles. The van der Waals surface area contributed by atoms with Crippen molar-refractivity contribution in [2.24, 2.45) is 0 Å². The lowest BCUT2D eigenvalue weighted by Gasteiger charge is -2.36. The third-order valence-corrected chi connectivity index (χ3v) is 9.24. The normalized spacial score (nSPS) is 13.0. The fourth-order valence-corrected chi connectivity index (χ4v) is 4.93. The molecule has 0 saturated heterocycles. The molecule has 0 aliphatic rings. The Morgan fingerprint density at radius 1 is 1.25 bits per heavy atom. The molecule has 3 heteroatoms. The maximum atomic E-state index is 2.64. The topological polar surface area (TPSA) is 3.24 Å². The van der Waals surface area contributed by atoms with Crippen LogP contribution in [0.4, 0.5) is 0 Å². The van der Waals surface area contributed by atoms with Crippen LogP contribution in [0, 0.1) is 0 Å². The van der Waals surface area contributed by atoms with Crippen LogP contribution in [0.1, 0.15) is 27.7 Å². The van der Waals surface area contributed by atoms with Crippen LogP contribution in [-0.2, 0) is 0 Å². The molecule has 0 fully saturated rings. The monoisotopic (exact) mass is 200 g/mol. The van der Waals surface area contributed by atoms with Crippen molar-refractivity contribution in [1.29, 1.82) is 0 Å². The highest BCUT2D eigenvalue weighted by Crippen LogP contribution is 2.27. The third kappa shape index (κ3) is 3.03. The Morgan fingerprint density at radius 2 is 1.67 bits per heavy atom. The molecule has 0 unspecified atom stereocenters. The molecule has 12 heavy (non-hydrogen) atoms. The van der Waals surface area contributed by atoms with Gasteiger partial charge in [0.2, 0.25) is 0 Å². The summed E-state index contributed by atoms with van der Waals surface area (Å²) in [5.41, 5.74) is 0. The highest BCUT2D eigenvalue weighted by molar-refractivity contribution is 6.71. The molecule has 0 rings (SSSR count). The number of hydrogen-bond donors (Lipinski definition) is 0. The molecule has 0 bridgehead atoms. The van der Waals surface area contributed by atoms with Crippen LogP contribution in [0.2, 0.25) is 17.8 Å².